The standard InChI is InChI=1S/C12H9Br2NO4S2/c1-6-10(5-11(14)20-6)21(18,19)15-9-3-7(12(16)17)2-8(13)4-9/h2-5,15H,1H3,(H,16,17). The van der Waals surface area contributed by atoms with Gasteiger partial charge in [0.2, 0.25) is 0 Å². The molecule has 0 saturated carbocycles. The van der Waals surface area contributed by atoms with Gasteiger partial charge < -0.3 is 5.11 Å². The highest BCUT2D eigenvalue weighted by Crippen LogP contribution is 2.31. The second-order valence-corrected chi connectivity index (χ2v) is 9.31. The average Bonchev–Trinajstić information content (AvgIpc) is 2.67. The van der Waals surface area contributed by atoms with Crippen LogP contribution in [0.5, 0.6) is 0 Å². The molecule has 0 aliphatic heterocycles. The number of carboxylic acids is 1. The summed E-state index contributed by atoms with van der Waals surface area (Å²) < 4.78 is 28.3. The lowest BCUT2D eigenvalue weighted by Crippen LogP contribution is -2.13. The van der Waals surface area contributed by atoms with Gasteiger partial charge in [0.05, 0.1) is 15.0 Å². The molecule has 0 bridgehead atoms. The molecule has 5 nitrogen and oxygen atoms in total. The number of carbonyl (C=O) groups is 1. The lowest BCUT2D eigenvalue weighted by molar-refractivity contribution is 0.0697. The van der Waals surface area contributed by atoms with E-state index in [1.54, 1.807) is 6.92 Å². The van der Waals surface area contributed by atoms with E-state index in [0.29, 0.717) is 13.1 Å². The van der Waals surface area contributed by atoms with Gasteiger partial charge in [0.25, 0.3) is 10.0 Å². The molecule has 0 radical (unpaired) electrons. The fraction of sp³-hybridized carbons (Fsp3) is 0.0833. The summed E-state index contributed by atoms with van der Waals surface area (Å²) in [5.41, 5.74) is 0.175. The molecule has 1 heterocycles. The van der Waals surface area contributed by atoms with E-state index in [1.165, 1.54) is 35.6 Å². The second-order valence-electron chi connectivity index (χ2n) is 4.11. The number of aryl methyl sites for hydroxylation is 1. The van der Waals surface area contributed by atoms with E-state index in [4.69, 9.17) is 5.11 Å². The quantitative estimate of drug-likeness (QED) is 0.728. The summed E-state index contributed by atoms with van der Waals surface area (Å²) in [6.45, 7) is 1.70. The van der Waals surface area contributed by atoms with Crippen LogP contribution >= 0.6 is 43.2 Å². The zero-order chi connectivity index (χ0) is 15.8. The third-order valence-electron chi connectivity index (χ3n) is 2.53. The van der Waals surface area contributed by atoms with E-state index < -0.39 is 16.0 Å². The summed E-state index contributed by atoms with van der Waals surface area (Å²) in [6, 6.07) is 5.67. The van der Waals surface area contributed by atoms with E-state index in [9.17, 15) is 13.2 Å². The van der Waals surface area contributed by atoms with Crippen molar-refractivity contribution in [2.24, 2.45) is 0 Å². The Labute approximate surface area is 142 Å². The van der Waals surface area contributed by atoms with Gasteiger partial charge in [-0.05, 0) is 47.1 Å². The van der Waals surface area contributed by atoms with Crippen LogP contribution in [0, 0.1) is 6.92 Å². The summed E-state index contributed by atoms with van der Waals surface area (Å²) in [4.78, 5) is 11.8. The monoisotopic (exact) mass is 453 g/mol. The number of benzene rings is 1. The molecule has 0 atom stereocenters. The molecule has 21 heavy (non-hydrogen) atoms. The minimum absolute atomic E-state index is 0.00899. The predicted octanol–water partition coefficient (Wildman–Crippen LogP) is 4.08. The lowest BCUT2D eigenvalue weighted by Gasteiger charge is -2.09. The SMILES string of the molecule is Cc1sc(Br)cc1S(=O)(=O)Nc1cc(Br)cc(C(=O)O)c1. The van der Waals surface area contributed by atoms with E-state index in [0.717, 1.165) is 0 Å². The van der Waals surface area contributed by atoms with Crippen molar-refractivity contribution in [3.63, 3.8) is 0 Å². The molecule has 0 fully saturated rings. The van der Waals surface area contributed by atoms with E-state index in [-0.39, 0.29) is 16.1 Å². The van der Waals surface area contributed by atoms with Crippen LogP contribution in [0.2, 0.25) is 0 Å². The highest BCUT2D eigenvalue weighted by molar-refractivity contribution is 9.11. The smallest absolute Gasteiger partial charge is 0.335 e. The predicted molar refractivity (Wildman–Crippen MR) is 88.7 cm³/mol. The van der Waals surface area contributed by atoms with Crippen LogP contribution < -0.4 is 4.72 Å². The first-order valence-electron chi connectivity index (χ1n) is 5.51. The maximum absolute atomic E-state index is 12.3. The van der Waals surface area contributed by atoms with E-state index in [2.05, 4.69) is 36.6 Å². The number of sulfonamides is 1. The van der Waals surface area contributed by atoms with Crippen LogP contribution in [0.4, 0.5) is 5.69 Å². The van der Waals surface area contributed by atoms with Crippen LogP contribution in [0.3, 0.4) is 0 Å². The maximum atomic E-state index is 12.3. The van der Waals surface area contributed by atoms with Crippen LogP contribution in [0.25, 0.3) is 0 Å². The minimum atomic E-state index is -3.77. The molecular formula is C12H9Br2NO4S2. The molecule has 9 heteroatoms. The van der Waals surface area contributed by atoms with Gasteiger partial charge in [-0.3, -0.25) is 4.72 Å². The topological polar surface area (TPSA) is 83.5 Å². The average molecular weight is 455 g/mol. The van der Waals surface area contributed by atoms with Gasteiger partial charge in [0.1, 0.15) is 4.90 Å². The molecule has 0 aliphatic rings. The Hall–Kier alpha value is -0.900. The van der Waals surface area contributed by atoms with Crippen molar-refractivity contribution in [1.29, 1.82) is 0 Å². The van der Waals surface area contributed by atoms with E-state index >= 15 is 0 Å². The van der Waals surface area contributed by atoms with Crippen molar-refractivity contribution in [2.75, 3.05) is 4.72 Å². The van der Waals surface area contributed by atoms with Crippen molar-refractivity contribution in [1.82, 2.24) is 0 Å². The number of aromatic carboxylic acids is 1. The molecule has 2 N–H and O–H groups in total. The fourth-order valence-electron chi connectivity index (χ4n) is 1.68. The summed E-state index contributed by atoms with van der Waals surface area (Å²) in [6.07, 6.45) is 0. The highest BCUT2D eigenvalue weighted by Gasteiger charge is 2.20. The normalized spacial score (nSPS) is 11.4. The maximum Gasteiger partial charge on any atom is 0.335 e. The molecule has 0 saturated heterocycles. The third kappa shape index (κ3) is 3.85. The Morgan fingerprint density at radius 1 is 1.24 bits per heavy atom. The van der Waals surface area contributed by atoms with Gasteiger partial charge in [-0.15, -0.1) is 11.3 Å². The van der Waals surface area contributed by atoms with Gasteiger partial charge in [-0.1, -0.05) is 15.9 Å². The second kappa shape index (κ2) is 6.07. The number of anilines is 1. The number of carboxylic acid groups (broad SMARTS) is 1. The largest absolute Gasteiger partial charge is 0.478 e. The molecule has 1 aromatic heterocycles. The number of nitrogens with one attached hydrogen (secondary N) is 1. The van der Waals surface area contributed by atoms with Crippen molar-refractivity contribution in [3.8, 4) is 0 Å². The molecule has 0 amide bonds. The Bertz CT molecular complexity index is 815. The first-order valence-corrected chi connectivity index (χ1v) is 9.40. The number of hydrogen-bond donors (Lipinski definition) is 2. The molecule has 1 aromatic carbocycles. The highest BCUT2D eigenvalue weighted by atomic mass is 79.9. The summed E-state index contributed by atoms with van der Waals surface area (Å²) in [5.74, 6) is -1.13. The molecule has 0 unspecified atom stereocenters. The van der Waals surface area contributed by atoms with E-state index in [1.807, 2.05) is 0 Å². The summed E-state index contributed by atoms with van der Waals surface area (Å²) in [5, 5.41) is 8.99. The van der Waals surface area contributed by atoms with Crippen molar-refractivity contribution in [2.45, 2.75) is 11.8 Å². The Morgan fingerprint density at radius 2 is 1.90 bits per heavy atom. The molecule has 112 valence electrons. The van der Waals surface area contributed by atoms with Gasteiger partial charge in [-0.2, -0.15) is 0 Å². The summed E-state index contributed by atoms with van der Waals surface area (Å²) in [7, 11) is -3.77. The minimum Gasteiger partial charge on any atom is -0.478 e. The Balaban J connectivity index is 2.41. The zero-order valence-corrected chi connectivity index (χ0v) is 15.4. The van der Waals surface area contributed by atoms with Crippen LogP contribution in [-0.4, -0.2) is 19.5 Å². The first-order chi connectivity index (χ1) is 9.69. The summed E-state index contributed by atoms with van der Waals surface area (Å²) >= 11 is 7.72. The van der Waals surface area contributed by atoms with Gasteiger partial charge in [-0.25, -0.2) is 13.2 Å². The van der Waals surface area contributed by atoms with Crippen molar-refractivity contribution in [3.05, 3.63) is 43.0 Å². The number of hydrogen-bond acceptors (Lipinski definition) is 4. The number of halogens is 2. The Morgan fingerprint density at radius 3 is 2.43 bits per heavy atom. The Kier molecular flexibility index (Phi) is 4.76. The molecule has 2 aromatic rings. The van der Waals surface area contributed by atoms with Crippen LogP contribution in [0.1, 0.15) is 15.2 Å². The van der Waals surface area contributed by atoms with Gasteiger partial charge in [0.15, 0.2) is 0 Å². The van der Waals surface area contributed by atoms with Crippen molar-refractivity contribution < 1.29 is 18.3 Å². The zero-order valence-electron chi connectivity index (χ0n) is 10.6. The fourth-order valence-corrected chi connectivity index (χ4v) is 5.63. The van der Waals surface area contributed by atoms with Crippen LogP contribution in [-0.2, 0) is 10.0 Å². The van der Waals surface area contributed by atoms with Gasteiger partial charge >= 0.3 is 5.97 Å². The molecule has 0 spiro atoms. The lowest BCUT2D eigenvalue weighted by atomic mass is 10.2. The first kappa shape index (κ1) is 16.5. The number of thiophene rings is 1. The third-order valence-corrected chi connectivity index (χ3v) is 6.18. The van der Waals surface area contributed by atoms with Gasteiger partial charge in [0, 0.05) is 9.35 Å². The van der Waals surface area contributed by atoms with Crippen molar-refractivity contribution >= 4 is 64.9 Å². The number of rotatable bonds is 4. The molecule has 0 aliphatic carbocycles. The molecular weight excluding hydrogens is 446 g/mol. The molecule has 2 rings (SSSR count). The van der Waals surface area contributed by atoms with Crippen LogP contribution in [0.15, 0.2) is 37.4 Å².